The third-order valence-electron chi connectivity index (χ3n) is 4.57. The Hall–Kier alpha value is -1.15. The fourth-order valence-corrected chi connectivity index (χ4v) is 4.57. The maximum absolute atomic E-state index is 12.9. The van der Waals surface area contributed by atoms with Crippen molar-refractivity contribution in [3.05, 3.63) is 29.8 Å². The van der Waals surface area contributed by atoms with Crippen molar-refractivity contribution in [1.82, 2.24) is 9.62 Å². The van der Waals surface area contributed by atoms with Gasteiger partial charge in [-0.2, -0.15) is 4.31 Å². The minimum absolute atomic E-state index is 0. The van der Waals surface area contributed by atoms with E-state index in [0.29, 0.717) is 18.7 Å². The van der Waals surface area contributed by atoms with Crippen molar-refractivity contribution in [2.24, 2.45) is 11.1 Å². The standard InChI is InChI=1S/C18H29N3O3S.ClH/c1-18(2,3)16(19)17(22)20-13-14-9-5-6-10-15(14)25(23,24)21-11-7-4-8-12-21;/h5-6,9-10,16H,4,7-8,11-13,19H2,1-3H3,(H,20,22);1H/t16-;/m1./s1. The Morgan fingerprint density at radius 3 is 2.35 bits per heavy atom. The van der Waals surface area contributed by atoms with Crippen LogP contribution in [0.25, 0.3) is 0 Å². The fraction of sp³-hybridized carbons (Fsp3) is 0.611. The molecule has 1 aromatic carbocycles. The molecule has 1 saturated heterocycles. The van der Waals surface area contributed by atoms with Crippen LogP contribution in [0.5, 0.6) is 0 Å². The van der Waals surface area contributed by atoms with Gasteiger partial charge in [-0.15, -0.1) is 12.4 Å². The highest BCUT2D eigenvalue weighted by Gasteiger charge is 2.29. The largest absolute Gasteiger partial charge is 0.351 e. The number of benzene rings is 1. The number of rotatable bonds is 5. The Morgan fingerprint density at radius 2 is 1.77 bits per heavy atom. The summed E-state index contributed by atoms with van der Waals surface area (Å²) in [6, 6.07) is 6.18. The molecule has 8 heteroatoms. The van der Waals surface area contributed by atoms with Crippen LogP contribution >= 0.6 is 12.4 Å². The summed E-state index contributed by atoms with van der Waals surface area (Å²) in [5.74, 6) is -0.280. The predicted octanol–water partition coefficient (Wildman–Crippen LogP) is 2.27. The molecular weight excluding hydrogens is 374 g/mol. The number of hydrogen-bond donors (Lipinski definition) is 2. The van der Waals surface area contributed by atoms with Crippen LogP contribution in [-0.4, -0.2) is 37.8 Å². The van der Waals surface area contributed by atoms with Crippen molar-refractivity contribution in [3.63, 3.8) is 0 Å². The fourth-order valence-electron chi connectivity index (χ4n) is 2.83. The Bertz CT molecular complexity index is 711. The second kappa shape index (κ2) is 9.17. The van der Waals surface area contributed by atoms with Crippen LogP contribution < -0.4 is 11.1 Å². The van der Waals surface area contributed by atoms with Crippen LogP contribution in [0.15, 0.2) is 29.2 Å². The lowest BCUT2D eigenvalue weighted by atomic mass is 9.87. The molecule has 3 N–H and O–H groups in total. The SMILES string of the molecule is CC(C)(C)[C@H](N)C(=O)NCc1ccccc1S(=O)(=O)N1CCCCC1.Cl. The van der Waals surface area contributed by atoms with Crippen LogP contribution in [0.2, 0.25) is 0 Å². The summed E-state index contributed by atoms with van der Waals surface area (Å²) in [5.41, 5.74) is 6.19. The number of nitrogens with two attached hydrogens (primary N) is 1. The molecule has 0 bridgehead atoms. The van der Waals surface area contributed by atoms with Crippen molar-refractivity contribution < 1.29 is 13.2 Å². The van der Waals surface area contributed by atoms with E-state index in [1.807, 2.05) is 20.8 Å². The summed E-state index contributed by atoms with van der Waals surface area (Å²) >= 11 is 0. The number of halogens is 1. The van der Waals surface area contributed by atoms with Crippen LogP contribution in [0, 0.1) is 5.41 Å². The first-order valence-corrected chi connectivity index (χ1v) is 10.2. The van der Waals surface area contributed by atoms with Gasteiger partial charge in [0.05, 0.1) is 10.9 Å². The van der Waals surface area contributed by atoms with Gasteiger partial charge >= 0.3 is 0 Å². The average molecular weight is 404 g/mol. The number of piperidine rings is 1. The van der Waals surface area contributed by atoms with Gasteiger partial charge in [-0.05, 0) is 29.9 Å². The van der Waals surface area contributed by atoms with Gasteiger partial charge in [-0.25, -0.2) is 8.42 Å². The number of nitrogens with one attached hydrogen (secondary N) is 1. The summed E-state index contributed by atoms with van der Waals surface area (Å²) in [7, 11) is -3.54. The van der Waals surface area contributed by atoms with Gasteiger partial charge in [0, 0.05) is 19.6 Å². The van der Waals surface area contributed by atoms with E-state index in [1.54, 1.807) is 24.3 Å². The summed E-state index contributed by atoms with van der Waals surface area (Å²) < 4.78 is 27.4. The van der Waals surface area contributed by atoms with E-state index in [9.17, 15) is 13.2 Å². The van der Waals surface area contributed by atoms with Gasteiger partial charge in [-0.1, -0.05) is 45.4 Å². The molecule has 0 unspecified atom stereocenters. The lowest BCUT2D eigenvalue weighted by molar-refractivity contribution is -0.124. The molecule has 1 aliphatic rings. The highest BCUT2D eigenvalue weighted by Crippen LogP contribution is 2.24. The van der Waals surface area contributed by atoms with Crippen LogP contribution in [0.1, 0.15) is 45.6 Å². The first-order valence-electron chi connectivity index (χ1n) is 8.75. The zero-order valence-corrected chi connectivity index (χ0v) is 17.3. The molecule has 1 atom stereocenters. The molecule has 0 saturated carbocycles. The number of hydrogen-bond acceptors (Lipinski definition) is 4. The molecule has 0 aliphatic carbocycles. The van der Waals surface area contributed by atoms with Gasteiger partial charge in [0.25, 0.3) is 0 Å². The van der Waals surface area contributed by atoms with Crippen LogP contribution in [0.4, 0.5) is 0 Å². The third-order valence-corrected chi connectivity index (χ3v) is 6.57. The molecule has 0 spiro atoms. The van der Waals surface area contributed by atoms with E-state index in [0.717, 1.165) is 19.3 Å². The van der Waals surface area contributed by atoms with Gasteiger partial charge < -0.3 is 11.1 Å². The first kappa shape index (κ1) is 22.9. The van der Waals surface area contributed by atoms with E-state index in [-0.39, 0.29) is 35.2 Å². The Kier molecular flexibility index (Phi) is 8.07. The van der Waals surface area contributed by atoms with E-state index in [2.05, 4.69) is 5.32 Å². The Balaban J connectivity index is 0.00000338. The molecule has 26 heavy (non-hydrogen) atoms. The van der Waals surface area contributed by atoms with Crippen molar-refractivity contribution in [2.45, 2.75) is 57.5 Å². The number of carbonyl (C=O) groups excluding carboxylic acids is 1. The van der Waals surface area contributed by atoms with E-state index < -0.39 is 16.1 Å². The van der Waals surface area contributed by atoms with Gasteiger partial charge in [0.2, 0.25) is 15.9 Å². The molecule has 1 heterocycles. The molecular formula is C18H30ClN3O3S. The summed E-state index contributed by atoms with van der Waals surface area (Å²) in [6.07, 6.45) is 2.84. The lowest BCUT2D eigenvalue weighted by Crippen LogP contribution is -2.48. The second-order valence-corrected chi connectivity index (χ2v) is 9.54. The third kappa shape index (κ3) is 5.42. The molecule has 6 nitrogen and oxygen atoms in total. The normalized spacial score (nSPS) is 17.2. The zero-order chi connectivity index (χ0) is 18.7. The Morgan fingerprint density at radius 1 is 1.19 bits per heavy atom. The monoisotopic (exact) mass is 403 g/mol. The van der Waals surface area contributed by atoms with Crippen molar-refractivity contribution >= 4 is 28.3 Å². The van der Waals surface area contributed by atoms with Crippen LogP contribution in [0.3, 0.4) is 0 Å². The molecule has 2 rings (SSSR count). The second-order valence-electron chi connectivity index (χ2n) is 7.63. The summed E-state index contributed by atoms with van der Waals surface area (Å²) in [6.45, 7) is 6.94. The molecule has 0 aromatic heterocycles. The number of sulfonamides is 1. The van der Waals surface area contributed by atoms with Crippen molar-refractivity contribution in [1.29, 1.82) is 0 Å². The van der Waals surface area contributed by atoms with Crippen LogP contribution in [-0.2, 0) is 21.4 Å². The van der Waals surface area contributed by atoms with Gasteiger partial charge in [0.1, 0.15) is 0 Å². The predicted molar refractivity (Wildman–Crippen MR) is 106 cm³/mol. The van der Waals surface area contributed by atoms with Crippen molar-refractivity contribution in [3.8, 4) is 0 Å². The van der Waals surface area contributed by atoms with E-state index >= 15 is 0 Å². The quantitative estimate of drug-likeness (QED) is 0.788. The highest BCUT2D eigenvalue weighted by molar-refractivity contribution is 7.89. The van der Waals surface area contributed by atoms with E-state index in [1.165, 1.54) is 4.31 Å². The molecule has 1 fully saturated rings. The smallest absolute Gasteiger partial charge is 0.243 e. The molecule has 148 valence electrons. The van der Waals surface area contributed by atoms with Crippen molar-refractivity contribution in [2.75, 3.05) is 13.1 Å². The number of carbonyl (C=O) groups is 1. The Labute approximate surface area is 163 Å². The first-order chi connectivity index (χ1) is 11.6. The zero-order valence-electron chi connectivity index (χ0n) is 15.7. The maximum atomic E-state index is 12.9. The molecule has 1 amide bonds. The summed E-state index contributed by atoms with van der Waals surface area (Å²) in [4.78, 5) is 12.5. The molecule has 0 radical (unpaired) electrons. The number of amides is 1. The molecule has 1 aromatic rings. The topological polar surface area (TPSA) is 92.5 Å². The molecule has 1 aliphatic heterocycles. The lowest BCUT2D eigenvalue weighted by Gasteiger charge is -2.27. The van der Waals surface area contributed by atoms with Gasteiger partial charge in [-0.3, -0.25) is 4.79 Å². The average Bonchev–Trinajstić information content (AvgIpc) is 2.59. The highest BCUT2D eigenvalue weighted by atomic mass is 35.5. The maximum Gasteiger partial charge on any atom is 0.243 e. The minimum Gasteiger partial charge on any atom is -0.351 e. The van der Waals surface area contributed by atoms with E-state index in [4.69, 9.17) is 5.73 Å². The van der Waals surface area contributed by atoms with Gasteiger partial charge in [0.15, 0.2) is 0 Å². The minimum atomic E-state index is -3.54. The number of nitrogens with zero attached hydrogens (tertiary/aromatic N) is 1. The summed E-state index contributed by atoms with van der Waals surface area (Å²) in [5, 5.41) is 2.77.